The van der Waals surface area contributed by atoms with Gasteiger partial charge in [-0.3, -0.25) is 9.59 Å². The van der Waals surface area contributed by atoms with Gasteiger partial charge >= 0.3 is 0 Å². The quantitative estimate of drug-likeness (QED) is 0.391. The Balaban J connectivity index is 1.67. The third-order valence-corrected chi connectivity index (χ3v) is 5.78. The first-order valence-electron chi connectivity index (χ1n) is 9.62. The van der Waals surface area contributed by atoms with Gasteiger partial charge in [0, 0.05) is 30.3 Å². The van der Waals surface area contributed by atoms with Crippen LogP contribution in [0, 0.1) is 6.92 Å². The Hall–Kier alpha value is -1.34. The standard InChI is InChI=1S/C19H32N4O2S/c1-14-16(18(25)22-19(21-14)26-3)10-11-17(24)20-12-7-13-23(2)15-8-5-4-6-9-15/h15H,4-13H2,1-3H3,(H,20,24)(H,21,22,25). The highest BCUT2D eigenvalue weighted by molar-refractivity contribution is 7.98. The minimum atomic E-state index is -0.135. The second-order valence-electron chi connectivity index (χ2n) is 7.12. The van der Waals surface area contributed by atoms with E-state index in [1.807, 2.05) is 13.2 Å². The lowest BCUT2D eigenvalue weighted by Crippen LogP contribution is -2.36. The molecule has 1 aliphatic rings. The molecule has 1 aromatic heterocycles. The van der Waals surface area contributed by atoms with Crippen LogP contribution in [-0.4, -0.2) is 53.2 Å². The highest BCUT2D eigenvalue weighted by atomic mass is 32.2. The molecular weight excluding hydrogens is 348 g/mol. The number of hydrogen-bond donors (Lipinski definition) is 2. The van der Waals surface area contributed by atoms with E-state index in [1.54, 1.807) is 0 Å². The maximum atomic E-state index is 12.1. The van der Waals surface area contributed by atoms with Crippen molar-refractivity contribution >= 4 is 17.7 Å². The van der Waals surface area contributed by atoms with Crippen molar-refractivity contribution in [1.29, 1.82) is 0 Å². The average molecular weight is 381 g/mol. The Morgan fingerprint density at radius 3 is 2.73 bits per heavy atom. The zero-order valence-electron chi connectivity index (χ0n) is 16.3. The molecule has 0 bridgehead atoms. The van der Waals surface area contributed by atoms with Gasteiger partial charge in [0.2, 0.25) is 5.91 Å². The molecule has 1 amide bonds. The summed E-state index contributed by atoms with van der Waals surface area (Å²) in [5.41, 5.74) is 1.18. The molecule has 6 nitrogen and oxygen atoms in total. The first-order chi connectivity index (χ1) is 12.5. The van der Waals surface area contributed by atoms with E-state index in [4.69, 9.17) is 0 Å². The molecular formula is C19H32N4O2S. The van der Waals surface area contributed by atoms with Gasteiger partial charge in [0.15, 0.2) is 5.16 Å². The van der Waals surface area contributed by atoms with Gasteiger partial charge in [0.25, 0.3) is 5.56 Å². The fourth-order valence-corrected chi connectivity index (χ4v) is 3.99. The molecule has 1 saturated carbocycles. The van der Waals surface area contributed by atoms with Crippen molar-refractivity contribution in [2.45, 2.75) is 69.5 Å². The fourth-order valence-electron chi connectivity index (χ4n) is 3.56. The summed E-state index contributed by atoms with van der Waals surface area (Å²) in [4.78, 5) is 33.6. The molecule has 2 rings (SSSR count). The predicted octanol–water partition coefficient (Wildman–Crippen LogP) is 2.50. The Kier molecular flexibility index (Phi) is 8.65. The van der Waals surface area contributed by atoms with Crippen LogP contribution in [0.5, 0.6) is 0 Å². The van der Waals surface area contributed by atoms with Crippen LogP contribution in [0.25, 0.3) is 0 Å². The fraction of sp³-hybridized carbons (Fsp3) is 0.737. The summed E-state index contributed by atoms with van der Waals surface area (Å²) in [5, 5.41) is 3.58. The summed E-state index contributed by atoms with van der Waals surface area (Å²) < 4.78 is 0. The summed E-state index contributed by atoms with van der Waals surface area (Å²) >= 11 is 1.41. The monoisotopic (exact) mass is 380 g/mol. The van der Waals surface area contributed by atoms with Gasteiger partial charge < -0.3 is 15.2 Å². The number of amides is 1. The Morgan fingerprint density at radius 1 is 1.35 bits per heavy atom. The van der Waals surface area contributed by atoms with Gasteiger partial charge in [0.1, 0.15) is 0 Å². The molecule has 1 heterocycles. The second-order valence-corrected chi connectivity index (χ2v) is 7.91. The van der Waals surface area contributed by atoms with Crippen molar-refractivity contribution in [3.05, 3.63) is 21.6 Å². The van der Waals surface area contributed by atoms with Crippen molar-refractivity contribution in [3.63, 3.8) is 0 Å². The van der Waals surface area contributed by atoms with Crippen molar-refractivity contribution in [1.82, 2.24) is 20.2 Å². The molecule has 1 aliphatic carbocycles. The molecule has 1 fully saturated rings. The molecule has 0 aliphatic heterocycles. The van der Waals surface area contributed by atoms with Gasteiger partial charge in [-0.05, 0) is 52.5 Å². The summed E-state index contributed by atoms with van der Waals surface area (Å²) in [5.74, 6) is -0.00179. The number of carbonyl (C=O) groups is 1. The number of rotatable bonds is 9. The third kappa shape index (κ3) is 6.43. The first kappa shape index (κ1) is 21.0. The number of nitrogens with one attached hydrogen (secondary N) is 2. The van der Waals surface area contributed by atoms with Crippen LogP contribution >= 0.6 is 11.8 Å². The Morgan fingerprint density at radius 2 is 2.08 bits per heavy atom. The molecule has 0 unspecified atom stereocenters. The van der Waals surface area contributed by atoms with Gasteiger partial charge in [-0.1, -0.05) is 31.0 Å². The van der Waals surface area contributed by atoms with Gasteiger partial charge in [-0.25, -0.2) is 4.98 Å². The molecule has 0 saturated heterocycles. The number of hydrogen-bond acceptors (Lipinski definition) is 5. The van der Waals surface area contributed by atoms with Crippen LogP contribution in [0.3, 0.4) is 0 Å². The average Bonchev–Trinajstić information content (AvgIpc) is 2.64. The van der Waals surface area contributed by atoms with E-state index in [2.05, 4.69) is 27.2 Å². The molecule has 0 radical (unpaired) electrons. The van der Waals surface area contributed by atoms with Crippen molar-refractivity contribution in [3.8, 4) is 0 Å². The smallest absolute Gasteiger partial charge is 0.254 e. The van der Waals surface area contributed by atoms with E-state index in [0.29, 0.717) is 41.8 Å². The zero-order valence-corrected chi connectivity index (χ0v) is 17.1. The lowest BCUT2D eigenvalue weighted by Gasteiger charge is -2.31. The molecule has 0 spiro atoms. The number of thioether (sulfide) groups is 1. The van der Waals surface area contributed by atoms with Crippen LogP contribution in [0.4, 0.5) is 0 Å². The second kappa shape index (κ2) is 10.7. The number of aromatic amines is 1. The highest BCUT2D eigenvalue weighted by Crippen LogP contribution is 2.21. The summed E-state index contributed by atoms with van der Waals surface area (Å²) in [6.45, 7) is 3.53. The molecule has 146 valence electrons. The number of aryl methyl sites for hydroxylation is 1. The predicted molar refractivity (Wildman–Crippen MR) is 107 cm³/mol. The normalized spacial score (nSPS) is 15.4. The lowest BCUT2D eigenvalue weighted by molar-refractivity contribution is -0.121. The van der Waals surface area contributed by atoms with Crippen molar-refractivity contribution in [2.75, 3.05) is 26.4 Å². The Labute approximate surface area is 160 Å². The van der Waals surface area contributed by atoms with Crippen LogP contribution in [0.2, 0.25) is 0 Å². The summed E-state index contributed by atoms with van der Waals surface area (Å²) in [6.07, 6.45) is 10.3. The van der Waals surface area contributed by atoms with Crippen LogP contribution in [-0.2, 0) is 11.2 Å². The minimum absolute atomic E-state index is 0.00179. The summed E-state index contributed by atoms with van der Waals surface area (Å²) in [6, 6.07) is 0.714. The van der Waals surface area contributed by atoms with E-state index in [9.17, 15) is 9.59 Å². The van der Waals surface area contributed by atoms with Gasteiger partial charge in [-0.15, -0.1) is 0 Å². The molecule has 26 heavy (non-hydrogen) atoms. The highest BCUT2D eigenvalue weighted by Gasteiger charge is 2.17. The van der Waals surface area contributed by atoms with Crippen molar-refractivity contribution in [2.24, 2.45) is 0 Å². The maximum absolute atomic E-state index is 12.1. The molecule has 0 aromatic carbocycles. The van der Waals surface area contributed by atoms with Crippen LogP contribution < -0.4 is 10.9 Å². The van der Waals surface area contributed by atoms with Gasteiger partial charge in [-0.2, -0.15) is 0 Å². The van der Waals surface area contributed by atoms with Crippen molar-refractivity contribution < 1.29 is 4.79 Å². The lowest BCUT2D eigenvalue weighted by atomic mass is 9.94. The van der Waals surface area contributed by atoms with E-state index in [-0.39, 0.29) is 11.5 Å². The van der Waals surface area contributed by atoms with Crippen LogP contribution in [0.15, 0.2) is 9.95 Å². The molecule has 7 heteroatoms. The SMILES string of the molecule is CSc1nc(C)c(CCC(=O)NCCCN(C)C2CCCCC2)c(=O)[nH]1. The zero-order chi connectivity index (χ0) is 18.9. The van der Waals surface area contributed by atoms with Crippen LogP contribution in [0.1, 0.15) is 56.2 Å². The number of nitrogens with zero attached hydrogens (tertiary/aromatic N) is 2. The van der Waals surface area contributed by atoms with E-state index < -0.39 is 0 Å². The third-order valence-electron chi connectivity index (χ3n) is 5.20. The topological polar surface area (TPSA) is 78.1 Å². The van der Waals surface area contributed by atoms with E-state index in [0.717, 1.165) is 13.0 Å². The largest absolute Gasteiger partial charge is 0.356 e. The van der Waals surface area contributed by atoms with E-state index >= 15 is 0 Å². The number of aromatic nitrogens is 2. The minimum Gasteiger partial charge on any atom is -0.356 e. The first-order valence-corrected chi connectivity index (χ1v) is 10.8. The molecule has 1 aromatic rings. The van der Waals surface area contributed by atoms with Gasteiger partial charge in [0.05, 0.1) is 0 Å². The number of H-pyrrole nitrogens is 1. The molecule has 2 N–H and O–H groups in total. The maximum Gasteiger partial charge on any atom is 0.254 e. The molecule has 0 atom stereocenters. The Bertz CT molecular complexity index is 641. The summed E-state index contributed by atoms with van der Waals surface area (Å²) in [7, 11) is 2.19. The van der Waals surface area contributed by atoms with E-state index in [1.165, 1.54) is 43.9 Å². The number of carbonyl (C=O) groups excluding carboxylic acids is 1.